The first-order valence-electron chi connectivity index (χ1n) is 10.2. The largest absolute Gasteiger partial charge is 0.356 e. The molecule has 4 rings (SSSR count). The van der Waals surface area contributed by atoms with Gasteiger partial charge >= 0.3 is 0 Å². The summed E-state index contributed by atoms with van der Waals surface area (Å²) in [5.41, 5.74) is 2.38. The van der Waals surface area contributed by atoms with Crippen molar-refractivity contribution in [3.63, 3.8) is 0 Å². The Hall–Kier alpha value is -2.94. The summed E-state index contributed by atoms with van der Waals surface area (Å²) < 4.78 is 49.6. The summed E-state index contributed by atoms with van der Waals surface area (Å²) >= 11 is 0. The number of benzene rings is 1. The standard InChI is InChI=1S/C23H24F3N5S/c1-15(29-18-6-9-28-21(14-18)32(2)27)19-12-16-4-5-17(24)13-20(16)30-22(19)31-10-3-7-23(25,26)8-11-31/h4-6,9,12-14,27H,1,3,7-8,10-11H2,2H3,(H,28,29). The molecule has 9 heteroatoms. The lowest BCUT2D eigenvalue weighted by Gasteiger charge is -2.26. The van der Waals surface area contributed by atoms with Crippen LogP contribution in [0.4, 0.5) is 24.7 Å². The Kier molecular flexibility index (Phi) is 6.19. The molecular formula is C23H24F3N5S. The van der Waals surface area contributed by atoms with Crippen molar-refractivity contribution in [2.24, 2.45) is 0 Å². The minimum Gasteiger partial charge on any atom is -0.356 e. The molecule has 1 atom stereocenters. The highest BCUT2D eigenvalue weighted by Crippen LogP contribution is 2.34. The summed E-state index contributed by atoms with van der Waals surface area (Å²) in [5.74, 6) is -2.60. The molecule has 2 aromatic heterocycles. The van der Waals surface area contributed by atoms with Gasteiger partial charge in [0.1, 0.15) is 16.7 Å². The molecule has 0 aliphatic carbocycles. The molecule has 1 aromatic carbocycles. The highest BCUT2D eigenvalue weighted by Gasteiger charge is 2.32. The molecule has 32 heavy (non-hydrogen) atoms. The van der Waals surface area contributed by atoms with Gasteiger partial charge in [-0.1, -0.05) is 17.3 Å². The number of hydrogen-bond acceptors (Lipinski definition) is 5. The number of halogens is 3. The highest BCUT2D eigenvalue weighted by atomic mass is 32.2. The summed E-state index contributed by atoms with van der Waals surface area (Å²) in [5, 5.41) is 4.61. The van der Waals surface area contributed by atoms with Crippen LogP contribution in [0.3, 0.4) is 0 Å². The third-order valence-electron chi connectivity index (χ3n) is 5.45. The van der Waals surface area contributed by atoms with Gasteiger partial charge in [-0.25, -0.2) is 23.1 Å². The molecule has 0 bridgehead atoms. The van der Waals surface area contributed by atoms with Crippen molar-refractivity contribution in [1.29, 1.82) is 4.78 Å². The number of pyridine rings is 2. The van der Waals surface area contributed by atoms with Crippen molar-refractivity contribution in [3.05, 3.63) is 60.6 Å². The lowest BCUT2D eigenvalue weighted by molar-refractivity contribution is -0.0102. The first kappa shape index (κ1) is 22.3. The molecule has 1 aliphatic heterocycles. The second kappa shape index (κ2) is 8.90. The van der Waals surface area contributed by atoms with Gasteiger partial charge in [0.15, 0.2) is 0 Å². The normalized spacial score (nSPS) is 17.1. The summed E-state index contributed by atoms with van der Waals surface area (Å²) in [6, 6.07) is 9.77. The molecule has 168 valence electrons. The van der Waals surface area contributed by atoms with Crippen LogP contribution in [-0.4, -0.2) is 35.2 Å². The van der Waals surface area contributed by atoms with Crippen molar-refractivity contribution in [2.45, 2.75) is 30.2 Å². The number of nitrogens with zero attached hydrogens (tertiary/aromatic N) is 3. The van der Waals surface area contributed by atoms with Gasteiger partial charge in [0.2, 0.25) is 5.92 Å². The molecule has 0 radical (unpaired) electrons. The molecule has 0 spiro atoms. The fourth-order valence-corrected chi connectivity index (χ4v) is 4.29. The molecular weight excluding hydrogens is 435 g/mol. The topological polar surface area (TPSA) is 64.9 Å². The number of hydrogen-bond donors (Lipinski definition) is 2. The van der Waals surface area contributed by atoms with Gasteiger partial charge in [-0.15, -0.1) is 0 Å². The molecule has 2 N–H and O–H groups in total. The second-order valence-electron chi connectivity index (χ2n) is 7.89. The zero-order valence-electron chi connectivity index (χ0n) is 17.7. The van der Waals surface area contributed by atoms with E-state index in [2.05, 4.69) is 21.9 Å². The molecule has 3 aromatic rings. The number of aromatic nitrogens is 2. The smallest absolute Gasteiger partial charge is 0.249 e. The number of rotatable bonds is 5. The number of fused-ring (bicyclic) bond motifs is 1. The maximum absolute atomic E-state index is 14.0. The molecule has 5 nitrogen and oxygen atoms in total. The van der Waals surface area contributed by atoms with Crippen LogP contribution in [-0.2, 0) is 10.7 Å². The Morgan fingerprint density at radius 1 is 1.19 bits per heavy atom. The summed E-state index contributed by atoms with van der Waals surface area (Å²) in [6.07, 6.45) is 3.31. The Labute approximate surface area is 187 Å². The van der Waals surface area contributed by atoms with Gasteiger partial charge in [-0.3, -0.25) is 4.78 Å². The van der Waals surface area contributed by atoms with Crippen molar-refractivity contribution in [2.75, 3.05) is 29.6 Å². The van der Waals surface area contributed by atoms with Crippen LogP contribution in [0, 0.1) is 10.6 Å². The van der Waals surface area contributed by atoms with Crippen LogP contribution in [0.1, 0.15) is 24.8 Å². The number of nitrogens with one attached hydrogen (secondary N) is 2. The van der Waals surface area contributed by atoms with Gasteiger partial charge in [-0.2, -0.15) is 0 Å². The van der Waals surface area contributed by atoms with Crippen LogP contribution in [0.15, 0.2) is 54.2 Å². The molecule has 3 heterocycles. The van der Waals surface area contributed by atoms with E-state index in [4.69, 9.17) is 4.78 Å². The molecule has 1 saturated heterocycles. The van der Waals surface area contributed by atoms with E-state index in [1.807, 2.05) is 11.0 Å². The van der Waals surface area contributed by atoms with E-state index in [1.165, 1.54) is 12.1 Å². The maximum atomic E-state index is 14.0. The van der Waals surface area contributed by atoms with Crippen molar-refractivity contribution < 1.29 is 13.2 Å². The lowest BCUT2D eigenvalue weighted by Crippen LogP contribution is -2.28. The van der Waals surface area contributed by atoms with E-state index in [-0.39, 0.29) is 19.4 Å². The fraction of sp³-hybridized carbons (Fsp3) is 0.304. The SMILES string of the molecule is C=C(Nc1ccnc(S(C)=N)c1)c1cc2ccc(F)cc2nc1N1CCCC(F)(F)CC1. The second-order valence-corrected chi connectivity index (χ2v) is 9.33. The fourth-order valence-electron chi connectivity index (χ4n) is 3.77. The Balaban J connectivity index is 1.74. The highest BCUT2D eigenvalue weighted by molar-refractivity contribution is 7.85. The summed E-state index contributed by atoms with van der Waals surface area (Å²) in [7, 11) is -0.745. The number of anilines is 2. The van der Waals surface area contributed by atoms with Crippen LogP contribution < -0.4 is 10.2 Å². The van der Waals surface area contributed by atoms with Gasteiger partial charge < -0.3 is 10.2 Å². The third-order valence-corrected chi connectivity index (χ3v) is 6.30. The molecule has 0 amide bonds. The predicted molar refractivity (Wildman–Crippen MR) is 124 cm³/mol. The lowest BCUT2D eigenvalue weighted by atomic mass is 10.1. The van der Waals surface area contributed by atoms with Crippen LogP contribution in [0.2, 0.25) is 0 Å². The Morgan fingerprint density at radius 3 is 2.78 bits per heavy atom. The van der Waals surface area contributed by atoms with E-state index in [1.54, 1.807) is 30.7 Å². The maximum Gasteiger partial charge on any atom is 0.249 e. The molecule has 1 unspecified atom stereocenters. The summed E-state index contributed by atoms with van der Waals surface area (Å²) in [6.45, 7) is 4.74. The average Bonchev–Trinajstić information content (AvgIpc) is 2.93. The average molecular weight is 460 g/mol. The molecule has 0 saturated carbocycles. The first-order valence-corrected chi connectivity index (χ1v) is 11.9. The van der Waals surface area contributed by atoms with Gasteiger partial charge in [0.25, 0.3) is 0 Å². The Morgan fingerprint density at radius 2 is 2.00 bits per heavy atom. The van der Waals surface area contributed by atoms with Crippen molar-refractivity contribution >= 4 is 38.8 Å². The monoisotopic (exact) mass is 459 g/mol. The minimum absolute atomic E-state index is 0.151. The van der Waals surface area contributed by atoms with Crippen molar-refractivity contribution in [1.82, 2.24) is 9.97 Å². The Bertz CT molecular complexity index is 1200. The van der Waals surface area contributed by atoms with Gasteiger partial charge in [0.05, 0.1) is 5.52 Å². The van der Waals surface area contributed by atoms with Crippen LogP contribution in [0.5, 0.6) is 0 Å². The van der Waals surface area contributed by atoms with Gasteiger partial charge in [-0.05, 0) is 43.0 Å². The van der Waals surface area contributed by atoms with E-state index in [9.17, 15) is 13.2 Å². The quantitative estimate of drug-likeness (QED) is 0.503. The van der Waals surface area contributed by atoms with Crippen LogP contribution >= 0.6 is 0 Å². The van der Waals surface area contributed by atoms with E-state index < -0.39 is 22.4 Å². The zero-order valence-corrected chi connectivity index (χ0v) is 18.5. The minimum atomic E-state index is -2.70. The molecule has 1 fully saturated rings. The zero-order chi connectivity index (χ0) is 22.9. The third kappa shape index (κ3) is 4.93. The van der Waals surface area contributed by atoms with E-state index in [0.29, 0.717) is 40.6 Å². The number of alkyl halides is 2. The van der Waals surface area contributed by atoms with Crippen LogP contribution in [0.25, 0.3) is 16.6 Å². The first-order chi connectivity index (χ1) is 15.2. The van der Waals surface area contributed by atoms with Gasteiger partial charge in [0, 0.05) is 60.5 Å². The summed E-state index contributed by atoms with van der Waals surface area (Å²) in [4.78, 5) is 10.7. The van der Waals surface area contributed by atoms with Crippen molar-refractivity contribution in [3.8, 4) is 0 Å². The molecule has 1 aliphatic rings. The van der Waals surface area contributed by atoms with E-state index in [0.717, 1.165) is 11.1 Å². The predicted octanol–water partition coefficient (Wildman–Crippen LogP) is 5.85. The van der Waals surface area contributed by atoms with E-state index >= 15 is 0 Å².